The van der Waals surface area contributed by atoms with Crippen LogP contribution in [0.1, 0.15) is 124 Å². The molecule has 0 radical (unpaired) electrons. The van der Waals surface area contributed by atoms with Gasteiger partial charge in [-0.05, 0) is 44.4 Å². The van der Waals surface area contributed by atoms with Crippen LogP contribution in [0.4, 0.5) is 0 Å². The second-order valence-corrected chi connectivity index (χ2v) is 10.4. The Labute approximate surface area is 214 Å². The molecule has 0 saturated carbocycles. The van der Waals surface area contributed by atoms with E-state index in [0.29, 0.717) is 25.7 Å². The van der Waals surface area contributed by atoms with Crippen LogP contribution in [0, 0.1) is 11.8 Å². The lowest BCUT2D eigenvalue weighted by Crippen LogP contribution is -2.48. The number of carbonyl (C=O) groups is 3. The lowest BCUT2D eigenvalue weighted by Gasteiger charge is -2.37. The minimum absolute atomic E-state index is 0.0914. The molecule has 0 aromatic rings. The molecule has 1 aliphatic rings. The molecule has 0 aliphatic carbocycles. The summed E-state index contributed by atoms with van der Waals surface area (Å²) >= 11 is 0. The standard InChI is InChI=1S/C29H51NO5/c1-5-7-9-11-12-13-14-15-16-18-24(34-29(33)26(30-22-31)20-23(3)4)21-27-25(28(32)35-27)19-17-10-8-6-2/h14-15,22-27H,5-13,16-21H2,1-4H3,(H,30,31)/t24-,25-,26-,27-/m0/s1. The molecule has 0 aromatic carbocycles. The predicted molar refractivity (Wildman–Crippen MR) is 141 cm³/mol. The number of hydrogen-bond acceptors (Lipinski definition) is 5. The first-order valence-electron chi connectivity index (χ1n) is 14.2. The number of esters is 2. The molecule has 6 heteroatoms. The zero-order chi connectivity index (χ0) is 25.9. The summed E-state index contributed by atoms with van der Waals surface area (Å²) < 4.78 is 11.4. The fourth-order valence-corrected chi connectivity index (χ4v) is 4.61. The van der Waals surface area contributed by atoms with E-state index in [1.807, 2.05) is 13.8 Å². The quantitative estimate of drug-likeness (QED) is 0.0789. The van der Waals surface area contributed by atoms with E-state index in [1.54, 1.807) is 0 Å². The normalized spacial score (nSPS) is 19.3. The molecule has 35 heavy (non-hydrogen) atoms. The summed E-state index contributed by atoms with van der Waals surface area (Å²) in [4.78, 5) is 35.9. The first kappa shape index (κ1) is 31.2. The highest BCUT2D eigenvalue weighted by atomic mass is 16.6. The SMILES string of the molecule is CCCCCCCC=CCC[C@@H](C[C@@H]1OC(=O)[C@H]1CCCCCC)OC(=O)[C@H](CC(C)C)NC=O. The maximum absolute atomic E-state index is 12.8. The minimum atomic E-state index is -0.651. The number of hydrogen-bond donors (Lipinski definition) is 1. The fourth-order valence-electron chi connectivity index (χ4n) is 4.61. The van der Waals surface area contributed by atoms with E-state index >= 15 is 0 Å². The topological polar surface area (TPSA) is 81.7 Å². The third-order valence-corrected chi connectivity index (χ3v) is 6.72. The molecular weight excluding hydrogens is 442 g/mol. The zero-order valence-electron chi connectivity index (χ0n) is 22.8. The molecule has 1 aliphatic heterocycles. The minimum Gasteiger partial charge on any atom is -0.461 e. The Bertz CT molecular complexity index is 618. The van der Waals surface area contributed by atoms with Gasteiger partial charge in [0.05, 0.1) is 5.92 Å². The molecule has 1 heterocycles. The van der Waals surface area contributed by atoms with Crippen molar-refractivity contribution in [2.24, 2.45) is 11.8 Å². The zero-order valence-corrected chi connectivity index (χ0v) is 22.8. The van der Waals surface area contributed by atoms with Crippen molar-refractivity contribution in [3.8, 4) is 0 Å². The van der Waals surface area contributed by atoms with Crippen molar-refractivity contribution < 1.29 is 23.9 Å². The van der Waals surface area contributed by atoms with Crippen LogP contribution in [0.2, 0.25) is 0 Å². The van der Waals surface area contributed by atoms with E-state index in [4.69, 9.17) is 9.47 Å². The monoisotopic (exact) mass is 493 g/mol. The lowest BCUT2D eigenvalue weighted by molar-refractivity contribution is -0.190. The Balaban J connectivity index is 2.64. The van der Waals surface area contributed by atoms with E-state index < -0.39 is 12.0 Å². The third-order valence-electron chi connectivity index (χ3n) is 6.72. The number of nitrogens with one attached hydrogen (secondary N) is 1. The van der Waals surface area contributed by atoms with Crippen LogP contribution in [-0.2, 0) is 23.9 Å². The number of carbonyl (C=O) groups excluding carboxylic acids is 3. The average molecular weight is 494 g/mol. The lowest BCUT2D eigenvalue weighted by atomic mass is 9.86. The highest BCUT2D eigenvalue weighted by molar-refractivity contribution is 5.79. The van der Waals surface area contributed by atoms with Crippen molar-refractivity contribution >= 4 is 18.3 Å². The van der Waals surface area contributed by atoms with Gasteiger partial charge in [-0.25, -0.2) is 4.79 Å². The van der Waals surface area contributed by atoms with Gasteiger partial charge in [0, 0.05) is 6.42 Å². The summed E-state index contributed by atoms with van der Waals surface area (Å²) in [5, 5.41) is 2.61. The number of unbranched alkanes of at least 4 members (excludes halogenated alkanes) is 8. The van der Waals surface area contributed by atoms with Gasteiger partial charge in [0.1, 0.15) is 18.2 Å². The first-order valence-corrected chi connectivity index (χ1v) is 14.2. The molecule has 1 fully saturated rings. The largest absolute Gasteiger partial charge is 0.461 e. The van der Waals surface area contributed by atoms with E-state index in [9.17, 15) is 14.4 Å². The van der Waals surface area contributed by atoms with Gasteiger partial charge in [0.25, 0.3) is 0 Å². The Morgan fingerprint density at radius 1 is 1.00 bits per heavy atom. The van der Waals surface area contributed by atoms with Crippen molar-refractivity contribution in [1.29, 1.82) is 0 Å². The number of amides is 1. The van der Waals surface area contributed by atoms with Crippen LogP contribution in [0.25, 0.3) is 0 Å². The summed E-state index contributed by atoms with van der Waals surface area (Å²) in [5.74, 6) is -0.370. The fraction of sp³-hybridized carbons (Fsp3) is 0.828. The van der Waals surface area contributed by atoms with Crippen molar-refractivity contribution in [3.05, 3.63) is 12.2 Å². The van der Waals surface area contributed by atoms with Gasteiger partial charge in [-0.1, -0.05) is 91.2 Å². The van der Waals surface area contributed by atoms with Gasteiger partial charge in [-0.2, -0.15) is 0 Å². The maximum Gasteiger partial charge on any atom is 0.328 e. The Morgan fingerprint density at radius 3 is 2.29 bits per heavy atom. The highest BCUT2D eigenvalue weighted by Crippen LogP contribution is 2.32. The van der Waals surface area contributed by atoms with Crippen molar-refractivity contribution in [3.63, 3.8) is 0 Å². The second-order valence-electron chi connectivity index (χ2n) is 10.4. The maximum atomic E-state index is 12.8. The van der Waals surface area contributed by atoms with Crippen LogP contribution in [0.5, 0.6) is 0 Å². The molecule has 4 atom stereocenters. The van der Waals surface area contributed by atoms with E-state index in [2.05, 4.69) is 31.3 Å². The van der Waals surface area contributed by atoms with Gasteiger partial charge in [0.15, 0.2) is 0 Å². The average Bonchev–Trinajstić information content (AvgIpc) is 2.81. The number of rotatable bonds is 22. The summed E-state index contributed by atoms with van der Waals surface area (Å²) in [7, 11) is 0. The van der Waals surface area contributed by atoms with Gasteiger partial charge < -0.3 is 14.8 Å². The smallest absolute Gasteiger partial charge is 0.328 e. The summed E-state index contributed by atoms with van der Waals surface area (Å²) in [5.41, 5.74) is 0. The molecule has 0 unspecified atom stereocenters. The molecule has 202 valence electrons. The van der Waals surface area contributed by atoms with E-state index in [1.165, 1.54) is 38.5 Å². The molecule has 1 N–H and O–H groups in total. The van der Waals surface area contributed by atoms with E-state index in [-0.39, 0.29) is 30.0 Å². The second kappa shape index (κ2) is 19.4. The molecule has 6 nitrogen and oxygen atoms in total. The van der Waals surface area contributed by atoms with Crippen LogP contribution in [0.15, 0.2) is 12.2 Å². The number of allylic oxidation sites excluding steroid dienone is 2. The molecule has 1 rings (SSSR count). The van der Waals surface area contributed by atoms with Gasteiger partial charge >= 0.3 is 11.9 Å². The van der Waals surface area contributed by atoms with Gasteiger partial charge in [-0.15, -0.1) is 0 Å². The predicted octanol–water partition coefficient (Wildman–Crippen LogP) is 6.66. The molecule has 0 bridgehead atoms. The summed E-state index contributed by atoms with van der Waals surface area (Å²) in [6.45, 7) is 8.41. The third kappa shape index (κ3) is 13.7. The Hall–Kier alpha value is -1.85. The summed E-state index contributed by atoms with van der Waals surface area (Å²) in [6, 6.07) is -0.651. The van der Waals surface area contributed by atoms with Gasteiger partial charge in [0.2, 0.25) is 6.41 Å². The number of ether oxygens (including phenoxy) is 2. The molecule has 1 saturated heterocycles. The van der Waals surface area contributed by atoms with Gasteiger partial charge in [-0.3, -0.25) is 9.59 Å². The summed E-state index contributed by atoms with van der Waals surface area (Å²) in [6.07, 6.45) is 19.7. The van der Waals surface area contributed by atoms with E-state index in [0.717, 1.165) is 38.5 Å². The Morgan fingerprint density at radius 2 is 1.66 bits per heavy atom. The van der Waals surface area contributed by atoms with Crippen LogP contribution < -0.4 is 5.32 Å². The molecule has 0 aromatic heterocycles. The van der Waals surface area contributed by atoms with Crippen molar-refractivity contribution in [2.45, 2.75) is 142 Å². The van der Waals surface area contributed by atoms with Crippen molar-refractivity contribution in [2.75, 3.05) is 0 Å². The Kier molecular flexibility index (Phi) is 17.2. The molecular formula is C29H51NO5. The van der Waals surface area contributed by atoms with Crippen LogP contribution >= 0.6 is 0 Å². The van der Waals surface area contributed by atoms with Crippen LogP contribution in [0.3, 0.4) is 0 Å². The molecule has 1 amide bonds. The number of cyclic esters (lactones) is 1. The first-order chi connectivity index (χ1) is 16.9. The van der Waals surface area contributed by atoms with Crippen LogP contribution in [-0.4, -0.2) is 36.6 Å². The molecule has 0 spiro atoms. The highest BCUT2D eigenvalue weighted by Gasteiger charge is 2.43. The van der Waals surface area contributed by atoms with Crippen molar-refractivity contribution in [1.82, 2.24) is 5.32 Å².